The van der Waals surface area contributed by atoms with E-state index in [0.717, 1.165) is 24.3 Å². The molecule has 2 nitrogen and oxygen atoms in total. The van der Waals surface area contributed by atoms with Gasteiger partial charge in [0.1, 0.15) is 0 Å². The molecule has 108 valence electrons. The predicted molar refractivity (Wildman–Crippen MR) is 76.8 cm³/mol. The number of nitrogens with one attached hydrogen (secondary N) is 1. The highest BCUT2D eigenvalue weighted by Gasteiger charge is 2.53. The fourth-order valence-corrected chi connectivity index (χ4v) is 5.86. The van der Waals surface area contributed by atoms with Crippen LogP contribution in [0.2, 0.25) is 0 Å². The van der Waals surface area contributed by atoms with Crippen LogP contribution in [0.1, 0.15) is 58.3 Å². The van der Waals surface area contributed by atoms with Crippen LogP contribution in [0.4, 0.5) is 0 Å². The number of hydrogen-bond donors (Lipinski definition) is 2. The number of hydrogen-bond acceptors (Lipinski definition) is 2. The Balaban J connectivity index is 1.43. The Morgan fingerprint density at radius 3 is 2.00 bits per heavy atom. The molecule has 2 N–H and O–H groups in total. The molecule has 5 aliphatic rings. The van der Waals surface area contributed by atoms with Crippen molar-refractivity contribution < 1.29 is 5.11 Å². The zero-order valence-corrected chi connectivity index (χ0v) is 12.3. The highest BCUT2D eigenvalue weighted by atomic mass is 16.3. The average Bonchev–Trinajstić information content (AvgIpc) is 3.15. The van der Waals surface area contributed by atoms with E-state index in [9.17, 15) is 5.11 Å². The second-order valence-electron chi connectivity index (χ2n) is 8.54. The van der Waals surface area contributed by atoms with E-state index in [1.54, 1.807) is 0 Å². The van der Waals surface area contributed by atoms with E-state index in [-0.39, 0.29) is 5.41 Å². The number of aliphatic hydroxyl groups excluding tert-OH is 1. The Bertz CT molecular complexity index is 325. The molecular weight excluding hydrogens is 234 g/mol. The Morgan fingerprint density at radius 1 is 1.05 bits per heavy atom. The van der Waals surface area contributed by atoms with Gasteiger partial charge < -0.3 is 10.4 Å². The van der Waals surface area contributed by atoms with Crippen LogP contribution in [0, 0.1) is 28.6 Å². The van der Waals surface area contributed by atoms with Crippen molar-refractivity contribution in [1.29, 1.82) is 0 Å². The summed E-state index contributed by atoms with van der Waals surface area (Å²) in [6.07, 6.45) is 11.5. The minimum absolute atomic E-state index is 0.260. The van der Waals surface area contributed by atoms with Gasteiger partial charge in [-0.15, -0.1) is 0 Å². The fraction of sp³-hybridized carbons (Fsp3) is 1.00. The average molecular weight is 263 g/mol. The molecule has 0 saturated heterocycles. The quantitative estimate of drug-likeness (QED) is 0.799. The van der Waals surface area contributed by atoms with Crippen LogP contribution in [0.3, 0.4) is 0 Å². The lowest BCUT2D eigenvalue weighted by molar-refractivity contribution is -0.0712. The summed E-state index contributed by atoms with van der Waals surface area (Å²) in [4.78, 5) is 0. The molecule has 19 heavy (non-hydrogen) atoms. The fourth-order valence-electron chi connectivity index (χ4n) is 5.86. The van der Waals surface area contributed by atoms with Crippen molar-refractivity contribution in [3.8, 4) is 0 Å². The summed E-state index contributed by atoms with van der Waals surface area (Å²) in [6.45, 7) is 3.86. The summed E-state index contributed by atoms with van der Waals surface area (Å²) in [7, 11) is 0. The van der Waals surface area contributed by atoms with Gasteiger partial charge in [-0.05, 0) is 81.5 Å². The van der Waals surface area contributed by atoms with Gasteiger partial charge in [0.25, 0.3) is 0 Å². The molecule has 5 fully saturated rings. The predicted octanol–water partition coefficient (Wildman–Crippen LogP) is 2.95. The summed E-state index contributed by atoms with van der Waals surface area (Å²) in [6, 6.07) is 0.657. The second-order valence-corrected chi connectivity index (χ2v) is 8.54. The van der Waals surface area contributed by atoms with Crippen LogP contribution in [0.5, 0.6) is 0 Å². The third-order valence-electron chi connectivity index (χ3n) is 7.08. The third-order valence-corrected chi connectivity index (χ3v) is 7.08. The minimum Gasteiger partial charge on any atom is -0.396 e. The summed E-state index contributed by atoms with van der Waals surface area (Å²) in [5, 5.41) is 13.3. The van der Waals surface area contributed by atoms with Crippen LogP contribution in [0.25, 0.3) is 0 Å². The molecular formula is C17H29NO. The van der Waals surface area contributed by atoms with Crippen molar-refractivity contribution in [2.24, 2.45) is 28.6 Å². The molecule has 5 saturated carbocycles. The molecule has 2 heteroatoms. The largest absolute Gasteiger partial charge is 0.396 e. The Kier molecular flexibility index (Phi) is 2.80. The van der Waals surface area contributed by atoms with Crippen LogP contribution >= 0.6 is 0 Å². The first-order chi connectivity index (χ1) is 9.13. The number of aliphatic hydroxyl groups is 1. The van der Waals surface area contributed by atoms with Gasteiger partial charge in [-0.3, -0.25) is 0 Å². The van der Waals surface area contributed by atoms with E-state index in [1.807, 2.05) is 0 Å². The molecule has 1 atom stereocenters. The van der Waals surface area contributed by atoms with Crippen molar-refractivity contribution in [3.05, 3.63) is 0 Å². The molecule has 0 aromatic rings. The molecule has 0 heterocycles. The molecule has 5 aliphatic carbocycles. The maximum atomic E-state index is 9.46. The van der Waals surface area contributed by atoms with Gasteiger partial charge in [-0.2, -0.15) is 0 Å². The highest BCUT2D eigenvalue weighted by molar-refractivity contribution is 5.06. The molecule has 0 aromatic heterocycles. The van der Waals surface area contributed by atoms with Crippen molar-refractivity contribution >= 4 is 0 Å². The molecule has 0 spiro atoms. The third kappa shape index (κ3) is 2.06. The smallest absolute Gasteiger partial charge is 0.0499 e. The van der Waals surface area contributed by atoms with E-state index in [1.165, 1.54) is 51.4 Å². The molecule has 4 bridgehead atoms. The Morgan fingerprint density at radius 2 is 1.58 bits per heavy atom. The van der Waals surface area contributed by atoms with Crippen molar-refractivity contribution in [3.63, 3.8) is 0 Å². The minimum atomic E-state index is 0.260. The van der Waals surface area contributed by atoms with Crippen molar-refractivity contribution in [2.45, 2.75) is 64.3 Å². The lowest BCUT2D eigenvalue weighted by atomic mass is 9.48. The summed E-state index contributed by atoms with van der Waals surface area (Å²) >= 11 is 0. The van der Waals surface area contributed by atoms with Gasteiger partial charge in [0.15, 0.2) is 0 Å². The molecule has 0 amide bonds. The summed E-state index contributed by atoms with van der Waals surface area (Å²) in [5.41, 5.74) is 0.872. The van der Waals surface area contributed by atoms with Gasteiger partial charge >= 0.3 is 0 Å². The van der Waals surface area contributed by atoms with E-state index in [0.29, 0.717) is 18.1 Å². The standard InChI is InChI=1S/C17H29NO/c1-12(18-10-16(11-19)2-3-16)17-7-13-4-14(8-17)6-15(5-13)9-17/h12-15,18-19H,2-11H2,1H3. The first-order valence-electron chi connectivity index (χ1n) is 8.47. The zero-order valence-electron chi connectivity index (χ0n) is 12.3. The van der Waals surface area contributed by atoms with Crippen LogP contribution in [0.15, 0.2) is 0 Å². The SMILES string of the molecule is CC(NCC1(CO)CC1)C12CC3CC(CC(C3)C1)C2. The van der Waals surface area contributed by atoms with Crippen LogP contribution in [-0.2, 0) is 0 Å². The lowest BCUT2D eigenvalue weighted by Crippen LogP contribution is -2.55. The zero-order chi connectivity index (χ0) is 13.1. The maximum absolute atomic E-state index is 9.46. The van der Waals surface area contributed by atoms with Gasteiger partial charge in [0.05, 0.1) is 0 Å². The van der Waals surface area contributed by atoms with E-state index >= 15 is 0 Å². The first kappa shape index (κ1) is 12.6. The van der Waals surface area contributed by atoms with Gasteiger partial charge in [0, 0.05) is 24.6 Å². The Hall–Kier alpha value is -0.0800. The monoisotopic (exact) mass is 263 g/mol. The van der Waals surface area contributed by atoms with Gasteiger partial charge in [0.2, 0.25) is 0 Å². The summed E-state index contributed by atoms with van der Waals surface area (Å²) < 4.78 is 0. The Labute approximate surface area is 117 Å². The van der Waals surface area contributed by atoms with Gasteiger partial charge in [-0.25, -0.2) is 0 Å². The van der Waals surface area contributed by atoms with Crippen molar-refractivity contribution in [1.82, 2.24) is 5.32 Å². The summed E-state index contributed by atoms with van der Waals surface area (Å²) in [5.74, 6) is 3.13. The maximum Gasteiger partial charge on any atom is 0.0499 e. The van der Waals surface area contributed by atoms with Crippen LogP contribution in [-0.4, -0.2) is 24.3 Å². The number of rotatable bonds is 5. The van der Waals surface area contributed by atoms with E-state index in [2.05, 4.69) is 12.2 Å². The van der Waals surface area contributed by atoms with Gasteiger partial charge in [-0.1, -0.05) is 0 Å². The molecule has 0 aromatic carbocycles. The molecule has 0 aliphatic heterocycles. The lowest BCUT2D eigenvalue weighted by Gasteiger charge is -2.59. The molecule has 5 rings (SSSR count). The normalized spacial score (nSPS) is 47.4. The topological polar surface area (TPSA) is 32.3 Å². The van der Waals surface area contributed by atoms with Crippen LogP contribution < -0.4 is 5.32 Å². The van der Waals surface area contributed by atoms with E-state index in [4.69, 9.17) is 0 Å². The second kappa shape index (κ2) is 4.21. The first-order valence-corrected chi connectivity index (χ1v) is 8.47. The van der Waals surface area contributed by atoms with Crippen molar-refractivity contribution in [2.75, 3.05) is 13.2 Å². The highest BCUT2D eigenvalue weighted by Crippen LogP contribution is 2.61. The van der Waals surface area contributed by atoms with E-state index < -0.39 is 0 Å². The molecule has 0 radical (unpaired) electrons. The molecule has 1 unspecified atom stereocenters.